The Bertz CT molecular complexity index is 793. The Morgan fingerprint density at radius 2 is 1.64 bits per heavy atom. The third kappa shape index (κ3) is 11.0. The predicted octanol–water partition coefficient (Wildman–Crippen LogP) is 2.31. The number of hydrogen-bond acceptors (Lipinski definition) is 10. The van der Waals surface area contributed by atoms with Crippen LogP contribution in [0, 0.1) is 11.8 Å². The van der Waals surface area contributed by atoms with Gasteiger partial charge in [0.1, 0.15) is 11.6 Å². The summed E-state index contributed by atoms with van der Waals surface area (Å²) in [6, 6.07) is 2.63. The minimum atomic E-state index is 0.0776. The second-order valence-electron chi connectivity index (χ2n) is 11.8. The van der Waals surface area contributed by atoms with Crippen LogP contribution in [-0.2, 0) is 4.74 Å². The number of anilines is 3. The number of rotatable bonds is 16. The highest BCUT2D eigenvalue weighted by atomic mass is 16.5. The molecule has 1 aliphatic heterocycles. The maximum absolute atomic E-state index is 8.83. The molecule has 2 heterocycles. The molecule has 0 unspecified atom stereocenters. The van der Waals surface area contributed by atoms with Gasteiger partial charge in [-0.1, -0.05) is 19.3 Å². The van der Waals surface area contributed by atoms with Crippen molar-refractivity contribution in [1.29, 1.82) is 0 Å². The number of nitrogens with one attached hydrogen (secondary N) is 3. The van der Waals surface area contributed by atoms with E-state index in [4.69, 9.17) is 20.6 Å². The van der Waals surface area contributed by atoms with E-state index in [0.717, 1.165) is 76.1 Å². The van der Waals surface area contributed by atoms with E-state index in [1.165, 1.54) is 70.8 Å². The zero-order valence-electron chi connectivity index (χ0n) is 24.1. The molecule has 0 radical (unpaired) electrons. The smallest absolute Gasteiger partial charge is 0.229 e. The van der Waals surface area contributed by atoms with Crippen LogP contribution in [0.4, 0.5) is 17.6 Å². The summed E-state index contributed by atoms with van der Waals surface area (Å²) in [5.41, 5.74) is 6.15. The molecule has 1 aromatic heterocycles. The second kappa shape index (κ2) is 17.2. The first kappa shape index (κ1) is 30.2. The molecule has 1 aromatic rings. The number of nitrogen functional groups attached to an aromatic ring is 1. The summed E-state index contributed by atoms with van der Waals surface area (Å²) in [5, 5.41) is 19.9. The molecule has 1 saturated heterocycles. The molecule has 222 valence electrons. The first-order valence-corrected chi connectivity index (χ1v) is 15.7. The predicted molar refractivity (Wildman–Crippen MR) is 159 cm³/mol. The van der Waals surface area contributed by atoms with E-state index in [-0.39, 0.29) is 6.61 Å². The third-order valence-corrected chi connectivity index (χ3v) is 8.72. The van der Waals surface area contributed by atoms with Gasteiger partial charge < -0.3 is 36.4 Å². The first-order chi connectivity index (χ1) is 19.2. The normalized spacial score (nSPS) is 23.3. The Kier molecular flexibility index (Phi) is 13.3. The number of ether oxygens (including phenoxy) is 1. The van der Waals surface area contributed by atoms with Crippen LogP contribution in [0.2, 0.25) is 0 Å². The van der Waals surface area contributed by atoms with Gasteiger partial charge in [0, 0.05) is 51.4 Å². The molecule has 4 rings (SSSR count). The standard InChI is InChI=1S/C29H54N8O2/c30-27-21-28(35-29(34-27)37-15-13-36(14-16-37)17-19-39-20-18-38)33-23-25-9-7-24(8-10-25)22-31-11-4-12-32-26-5-2-1-3-6-26/h21,24-26,31-32,38H,1-20,22-23H2,(H3,30,33,34,35). The van der Waals surface area contributed by atoms with E-state index in [1.54, 1.807) is 0 Å². The van der Waals surface area contributed by atoms with Gasteiger partial charge >= 0.3 is 0 Å². The van der Waals surface area contributed by atoms with Crippen LogP contribution in [0.5, 0.6) is 0 Å². The average molecular weight is 547 g/mol. The van der Waals surface area contributed by atoms with Gasteiger partial charge in [0.05, 0.1) is 19.8 Å². The maximum atomic E-state index is 8.83. The van der Waals surface area contributed by atoms with Crippen LogP contribution >= 0.6 is 0 Å². The van der Waals surface area contributed by atoms with Crippen molar-refractivity contribution in [3.63, 3.8) is 0 Å². The Morgan fingerprint density at radius 1 is 0.897 bits per heavy atom. The lowest BCUT2D eigenvalue weighted by Crippen LogP contribution is -2.48. The molecule has 0 atom stereocenters. The van der Waals surface area contributed by atoms with E-state index in [0.29, 0.717) is 24.9 Å². The van der Waals surface area contributed by atoms with Crippen molar-refractivity contribution >= 4 is 17.6 Å². The fourth-order valence-electron chi connectivity index (χ4n) is 6.24. The van der Waals surface area contributed by atoms with Crippen LogP contribution in [-0.4, -0.2) is 105 Å². The Labute approximate surface area is 235 Å². The molecule has 0 spiro atoms. The van der Waals surface area contributed by atoms with Crippen molar-refractivity contribution in [1.82, 2.24) is 25.5 Å². The number of hydrogen-bond donors (Lipinski definition) is 5. The maximum Gasteiger partial charge on any atom is 0.229 e. The van der Waals surface area contributed by atoms with Crippen LogP contribution in [0.3, 0.4) is 0 Å². The average Bonchev–Trinajstić information content (AvgIpc) is 2.97. The van der Waals surface area contributed by atoms with Crippen molar-refractivity contribution in [3.8, 4) is 0 Å². The number of nitrogens with two attached hydrogens (primary N) is 1. The topological polar surface area (TPSA) is 124 Å². The molecule has 2 aliphatic carbocycles. The number of aliphatic hydroxyl groups excluding tert-OH is 1. The minimum Gasteiger partial charge on any atom is -0.394 e. The summed E-state index contributed by atoms with van der Waals surface area (Å²) in [6.45, 7) is 10.1. The van der Waals surface area contributed by atoms with E-state index < -0.39 is 0 Å². The molecule has 10 nitrogen and oxygen atoms in total. The van der Waals surface area contributed by atoms with Crippen LogP contribution in [0.25, 0.3) is 0 Å². The molecule has 0 bridgehead atoms. The summed E-state index contributed by atoms with van der Waals surface area (Å²) >= 11 is 0. The monoisotopic (exact) mass is 546 g/mol. The number of aliphatic hydroxyl groups is 1. The van der Waals surface area contributed by atoms with Gasteiger partial charge in [0.2, 0.25) is 5.95 Å². The summed E-state index contributed by atoms with van der Waals surface area (Å²) < 4.78 is 5.40. The zero-order chi connectivity index (χ0) is 27.1. The first-order valence-electron chi connectivity index (χ1n) is 15.7. The lowest BCUT2D eigenvalue weighted by molar-refractivity contribution is 0.0724. The molecular formula is C29H54N8O2. The van der Waals surface area contributed by atoms with Crippen molar-refractivity contribution in [2.45, 2.75) is 70.3 Å². The lowest BCUT2D eigenvalue weighted by atomic mass is 9.82. The molecule has 3 aliphatic rings. The van der Waals surface area contributed by atoms with Gasteiger partial charge in [0.15, 0.2) is 0 Å². The molecular weight excluding hydrogens is 492 g/mol. The number of aromatic nitrogens is 2. The minimum absolute atomic E-state index is 0.0776. The molecule has 10 heteroatoms. The third-order valence-electron chi connectivity index (χ3n) is 8.72. The molecule has 6 N–H and O–H groups in total. The van der Waals surface area contributed by atoms with Gasteiger partial charge in [-0.25, -0.2) is 0 Å². The van der Waals surface area contributed by atoms with Crippen molar-refractivity contribution in [2.75, 3.05) is 94.7 Å². The molecule has 0 aromatic carbocycles. The highest BCUT2D eigenvalue weighted by Crippen LogP contribution is 2.29. The van der Waals surface area contributed by atoms with Gasteiger partial charge in [-0.05, 0) is 76.4 Å². The van der Waals surface area contributed by atoms with Crippen LogP contribution < -0.4 is 26.6 Å². The van der Waals surface area contributed by atoms with Crippen molar-refractivity contribution < 1.29 is 9.84 Å². The van der Waals surface area contributed by atoms with Crippen LogP contribution in [0.15, 0.2) is 6.07 Å². The second-order valence-corrected chi connectivity index (χ2v) is 11.8. The Balaban J connectivity index is 1.07. The van der Waals surface area contributed by atoms with Crippen molar-refractivity contribution in [3.05, 3.63) is 6.07 Å². The zero-order valence-corrected chi connectivity index (χ0v) is 24.1. The van der Waals surface area contributed by atoms with Gasteiger partial charge in [-0.3, -0.25) is 4.90 Å². The summed E-state index contributed by atoms with van der Waals surface area (Å²) in [6.07, 6.45) is 13.4. The summed E-state index contributed by atoms with van der Waals surface area (Å²) in [4.78, 5) is 13.9. The summed E-state index contributed by atoms with van der Waals surface area (Å²) in [5.74, 6) is 3.58. The highest BCUT2D eigenvalue weighted by molar-refractivity contribution is 5.51. The number of nitrogens with zero attached hydrogens (tertiary/aromatic N) is 4. The largest absolute Gasteiger partial charge is 0.394 e. The van der Waals surface area contributed by atoms with Crippen molar-refractivity contribution in [2.24, 2.45) is 11.8 Å². The Hall–Kier alpha value is -1.72. The van der Waals surface area contributed by atoms with E-state index in [1.807, 2.05) is 6.07 Å². The molecule has 2 saturated carbocycles. The quantitative estimate of drug-likeness (QED) is 0.197. The molecule has 0 amide bonds. The molecule has 3 fully saturated rings. The van der Waals surface area contributed by atoms with E-state index in [9.17, 15) is 0 Å². The SMILES string of the molecule is Nc1cc(NCC2CCC(CNCCCNC3CCCCC3)CC2)nc(N2CCN(CCOCCO)CC2)n1. The van der Waals surface area contributed by atoms with E-state index >= 15 is 0 Å². The fourth-order valence-corrected chi connectivity index (χ4v) is 6.24. The molecule has 39 heavy (non-hydrogen) atoms. The fraction of sp³-hybridized carbons (Fsp3) is 0.862. The van der Waals surface area contributed by atoms with Gasteiger partial charge in [-0.15, -0.1) is 0 Å². The number of piperazine rings is 1. The van der Waals surface area contributed by atoms with Gasteiger partial charge in [-0.2, -0.15) is 9.97 Å². The van der Waals surface area contributed by atoms with Gasteiger partial charge in [0.25, 0.3) is 0 Å². The summed E-state index contributed by atoms with van der Waals surface area (Å²) in [7, 11) is 0. The highest BCUT2D eigenvalue weighted by Gasteiger charge is 2.22. The van der Waals surface area contributed by atoms with Crippen LogP contribution in [0.1, 0.15) is 64.2 Å². The lowest BCUT2D eigenvalue weighted by Gasteiger charge is -2.34. The van der Waals surface area contributed by atoms with E-state index in [2.05, 4.69) is 30.7 Å². The Morgan fingerprint density at radius 3 is 2.38 bits per heavy atom.